The number of halogens is 1. The first-order chi connectivity index (χ1) is 14.9. The second-order valence-electron chi connectivity index (χ2n) is 7.52. The maximum atomic E-state index is 13.3. The molecular weight excluding hydrogens is 409 g/mol. The Bertz CT molecular complexity index is 1250. The summed E-state index contributed by atoms with van der Waals surface area (Å²) < 4.78 is 13.3. The topological polar surface area (TPSA) is 54.9 Å². The van der Waals surface area contributed by atoms with Gasteiger partial charge >= 0.3 is 0 Å². The van der Waals surface area contributed by atoms with Crippen LogP contribution < -0.4 is 5.32 Å². The highest BCUT2D eigenvalue weighted by Gasteiger charge is 2.14. The van der Waals surface area contributed by atoms with Crippen LogP contribution in [-0.2, 0) is 4.79 Å². The van der Waals surface area contributed by atoms with Crippen LogP contribution >= 0.6 is 11.8 Å². The fourth-order valence-corrected chi connectivity index (χ4v) is 4.47. The minimum Gasteiger partial charge on any atom is -0.325 e. The zero-order valence-corrected chi connectivity index (χ0v) is 18.4. The highest BCUT2D eigenvalue weighted by molar-refractivity contribution is 8.00. The van der Waals surface area contributed by atoms with Gasteiger partial charge < -0.3 is 5.32 Å². The van der Waals surface area contributed by atoms with E-state index in [1.165, 1.54) is 29.5 Å². The molecule has 0 aliphatic heterocycles. The Labute approximate surface area is 184 Å². The van der Waals surface area contributed by atoms with Crippen LogP contribution in [0.5, 0.6) is 0 Å². The second kappa shape index (κ2) is 8.86. The Morgan fingerprint density at radius 1 is 0.935 bits per heavy atom. The van der Waals surface area contributed by atoms with Crippen LogP contribution in [0.15, 0.2) is 65.7 Å². The van der Waals surface area contributed by atoms with Crippen molar-refractivity contribution in [1.29, 1.82) is 0 Å². The van der Waals surface area contributed by atoms with Crippen LogP contribution in [0.1, 0.15) is 16.7 Å². The Kier molecular flexibility index (Phi) is 6.00. The van der Waals surface area contributed by atoms with E-state index in [1.807, 2.05) is 45.0 Å². The lowest BCUT2D eigenvalue weighted by molar-refractivity contribution is -0.113. The van der Waals surface area contributed by atoms with Crippen molar-refractivity contribution in [2.45, 2.75) is 25.8 Å². The molecule has 4 rings (SSSR count). The van der Waals surface area contributed by atoms with E-state index in [-0.39, 0.29) is 17.5 Å². The van der Waals surface area contributed by atoms with E-state index in [9.17, 15) is 9.18 Å². The molecule has 0 aliphatic rings. The van der Waals surface area contributed by atoms with Crippen molar-refractivity contribution in [1.82, 2.24) is 10.2 Å². The predicted octanol–water partition coefficient (Wildman–Crippen LogP) is 6.09. The number of carbonyl (C=O) groups is 1. The highest BCUT2D eigenvalue weighted by atomic mass is 32.2. The van der Waals surface area contributed by atoms with Crippen LogP contribution in [0.3, 0.4) is 0 Å². The van der Waals surface area contributed by atoms with Gasteiger partial charge in [0.25, 0.3) is 0 Å². The third-order valence-corrected chi connectivity index (χ3v) is 6.03. The van der Waals surface area contributed by atoms with Gasteiger partial charge in [-0.15, -0.1) is 10.2 Å². The smallest absolute Gasteiger partial charge is 0.234 e. The standard InChI is InChI=1S/C25H22FN3OS/c1-15-12-16(2)23(17(3)13-15)27-22(30)14-31-25-21-7-5-4-6-20(21)24(28-29-25)18-8-10-19(26)11-9-18/h4-13H,14H2,1-3H3,(H,27,30). The van der Waals surface area contributed by atoms with Gasteiger partial charge in [-0.1, -0.05) is 53.7 Å². The van der Waals surface area contributed by atoms with Crippen molar-refractivity contribution < 1.29 is 9.18 Å². The van der Waals surface area contributed by atoms with Gasteiger partial charge in [0, 0.05) is 22.0 Å². The fourth-order valence-electron chi connectivity index (χ4n) is 3.69. The van der Waals surface area contributed by atoms with E-state index >= 15 is 0 Å². The molecule has 0 aliphatic carbocycles. The van der Waals surface area contributed by atoms with Gasteiger partial charge in [0.2, 0.25) is 5.91 Å². The Balaban J connectivity index is 1.56. The summed E-state index contributed by atoms with van der Waals surface area (Å²) >= 11 is 1.35. The number of benzene rings is 3. The molecule has 3 aromatic carbocycles. The number of aryl methyl sites for hydroxylation is 3. The Morgan fingerprint density at radius 3 is 2.26 bits per heavy atom. The van der Waals surface area contributed by atoms with Gasteiger partial charge in [-0.05, 0) is 56.2 Å². The van der Waals surface area contributed by atoms with E-state index < -0.39 is 0 Å². The lowest BCUT2D eigenvalue weighted by atomic mass is 10.1. The maximum absolute atomic E-state index is 13.3. The molecule has 0 radical (unpaired) electrons. The zero-order chi connectivity index (χ0) is 22.0. The van der Waals surface area contributed by atoms with E-state index in [0.717, 1.165) is 33.2 Å². The molecule has 0 saturated heterocycles. The minimum absolute atomic E-state index is 0.0893. The van der Waals surface area contributed by atoms with Gasteiger partial charge in [-0.2, -0.15) is 0 Å². The number of rotatable bonds is 5. The van der Waals surface area contributed by atoms with Crippen LogP contribution in [0.4, 0.5) is 10.1 Å². The minimum atomic E-state index is -0.293. The molecule has 0 atom stereocenters. The lowest BCUT2D eigenvalue weighted by Gasteiger charge is -2.13. The van der Waals surface area contributed by atoms with Crippen molar-refractivity contribution in [3.63, 3.8) is 0 Å². The van der Waals surface area contributed by atoms with E-state index in [0.29, 0.717) is 10.7 Å². The van der Waals surface area contributed by atoms with Gasteiger partial charge in [-0.3, -0.25) is 4.79 Å². The average Bonchev–Trinajstić information content (AvgIpc) is 2.75. The molecule has 0 saturated carbocycles. The first-order valence-corrected chi connectivity index (χ1v) is 10.9. The molecule has 4 nitrogen and oxygen atoms in total. The van der Waals surface area contributed by atoms with Crippen molar-refractivity contribution in [2.75, 3.05) is 11.1 Å². The summed E-state index contributed by atoms with van der Waals surface area (Å²) in [6.45, 7) is 6.03. The van der Waals surface area contributed by atoms with Gasteiger partial charge in [0.1, 0.15) is 16.5 Å². The summed E-state index contributed by atoms with van der Waals surface area (Å²) in [5.74, 6) is -0.159. The monoisotopic (exact) mass is 431 g/mol. The van der Waals surface area contributed by atoms with Crippen LogP contribution in [0, 0.1) is 26.6 Å². The van der Waals surface area contributed by atoms with Gasteiger partial charge in [-0.25, -0.2) is 4.39 Å². The average molecular weight is 432 g/mol. The fraction of sp³-hybridized carbons (Fsp3) is 0.160. The van der Waals surface area contributed by atoms with E-state index in [2.05, 4.69) is 27.6 Å². The molecule has 1 aromatic heterocycles. The predicted molar refractivity (Wildman–Crippen MR) is 125 cm³/mol. The number of hydrogen-bond donors (Lipinski definition) is 1. The number of fused-ring (bicyclic) bond motifs is 1. The lowest BCUT2D eigenvalue weighted by Crippen LogP contribution is -2.16. The largest absolute Gasteiger partial charge is 0.325 e. The summed E-state index contributed by atoms with van der Waals surface area (Å²) in [7, 11) is 0. The van der Waals surface area contributed by atoms with Crippen LogP contribution in [0.2, 0.25) is 0 Å². The van der Waals surface area contributed by atoms with Gasteiger partial charge in [0.05, 0.1) is 5.75 Å². The van der Waals surface area contributed by atoms with Crippen LogP contribution in [0.25, 0.3) is 22.0 Å². The van der Waals surface area contributed by atoms with Crippen molar-refractivity contribution in [2.24, 2.45) is 0 Å². The molecular formula is C25H22FN3OS. The number of nitrogens with one attached hydrogen (secondary N) is 1. The van der Waals surface area contributed by atoms with Crippen molar-refractivity contribution in [3.05, 3.63) is 83.2 Å². The first-order valence-electron chi connectivity index (χ1n) is 9.94. The summed E-state index contributed by atoms with van der Waals surface area (Å²) in [5.41, 5.74) is 5.61. The molecule has 6 heteroatoms. The molecule has 1 N–H and O–H groups in total. The van der Waals surface area contributed by atoms with E-state index in [4.69, 9.17) is 0 Å². The molecule has 4 aromatic rings. The molecule has 156 valence electrons. The molecule has 1 heterocycles. The normalized spacial score (nSPS) is 11.0. The third kappa shape index (κ3) is 4.59. The molecule has 0 spiro atoms. The number of amides is 1. The Hall–Kier alpha value is -3.25. The summed E-state index contributed by atoms with van der Waals surface area (Å²) in [5, 5.41) is 14.3. The second-order valence-corrected chi connectivity index (χ2v) is 8.48. The Morgan fingerprint density at radius 2 is 1.58 bits per heavy atom. The summed E-state index contributed by atoms with van der Waals surface area (Å²) in [6.07, 6.45) is 0. The molecule has 1 amide bonds. The summed E-state index contributed by atoms with van der Waals surface area (Å²) in [4.78, 5) is 12.6. The molecule has 0 fully saturated rings. The summed E-state index contributed by atoms with van der Waals surface area (Å²) in [6, 6.07) is 18.1. The molecule has 0 unspecified atom stereocenters. The zero-order valence-electron chi connectivity index (χ0n) is 17.6. The molecule has 31 heavy (non-hydrogen) atoms. The maximum Gasteiger partial charge on any atom is 0.234 e. The number of nitrogens with zero attached hydrogens (tertiary/aromatic N) is 2. The quantitative estimate of drug-likeness (QED) is 0.388. The van der Waals surface area contributed by atoms with Gasteiger partial charge in [0.15, 0.2) is 0 Å². The number of aromatic nitrogens is 2. The van der Waals surface area contributed by atoms with E-state index in [1.54, 1.807) is 12.1 Å². The number of hydrogen-bond acceptors (Lipinski definition) is 4. The number of thioether (sulfide) groups is 1. The SMILES string of the molecule is Cc1cc(C)c(NC(=O)CSc2nnc(-c3ccc(F)cc3)c3ccccc23)c(C)c1. The van der Waals surface area contributed by atoms with Crippen molar-refractivity contribution >= 4 is 34.1 Å². The highest BCUT2D eigenvalue weighted by Crippen LogP contribution is 2.32. The number of carbonyl (C=O) groups excluding carboxylic acids is 1. The third-order valence-electron chi connectivity index (χ3n) is 5.05. The molecule has 0 bridgehead atoms. The van der Waals surface area contributed by atoms with Crippen molar-refractivity contribution in [3.8, 4) is 11.3 Å². The number of anilines is 1. The first kappa shape index (κ1) is 21.0. The van der Waals surface area contributed by atoms with Crippen LogP contribution in [-0.4, -0.2) is 21.9 Å².